The molecular formula is C21H20N4O6S. The van der Waals surface area contributed by atoms with Gasteiger partial charge in [-0.05, 0) is 55.0 Å². The third kappa shape index (κ3) is 5.01. The van der Waals surface area contributed by atoms with Gasteiger partial charge in [-0.1, -0.05) is 0 Å². The molecule has 2 aromatic carbocycles. The van der Waals surface area contributed by atoms with Gasteiger partial charge in [0.2, 0.25) is 4.77 Å². The van der Waals surface area contributed by atoms with Gasteiger partial charge in [-0.15, -0.1) is 0 Å². The van der Waals surface area contributed by atoms with Gasteiger partial charge in [0, 0.05) is 6.07 Å². The molecule has 1 aromatic heterocycles. The summed E-state index contributed by atoms with van der Waals surface area (Å²) in [4.78, 5) is 24.8. The number of carbonyl (C=O) groups excluding carboxylic acids is 1. The number of aromatic nitrogens is 3. The fourth-order valence-corrected chi connectivity index (χ4v) is 2.81. The molecule has 0 saturated carbocycles. The number of aryl methyl sites for hydroxylation is 1. The number of carbonyl (C=O) groups is 1. The van der Waals surface area contributed by atoms with Crippen molar-refractivity contribution in [3.8, 4) is 23.0 Å². The first-order chi connectivity index (χ1) is 15.4. The van der Waals surface area contributed by atoms with E-state index in [4.69, 9.17) is 31.2 Å². The van der Waals surface area contributed by atoms with Gasteiger partial charge in [-0.25, -0.2) is 4.79 Å². The summed E-state index contributed by atoms with van der Waals surface area (Å²) in [5.74, 6) is 0.780. The predicted molar refractivity (Wildman–Crippen MR) is 119 cm³/mol. The molecule has 1 heterocycles. The zero-order chi connectivity index (χ0) is 23.3. The van der Waals surface area contributed by atoms with E-state index in [1.807, 2.05) is 0 Å². The van der Waals surface area contributed by atoms with E-state index in [9.17, 15) is 9.59 Å². The summed E-state index contributed by atoms with van der Waals surface area (Å²) < 4.78 is 22.3. The van der Waals surface area contributed by atoms with Gasteiger partial charge in [-0.2, -0.15) is 14.9 Å². The molecule has 3 rings (SSSR count). The van der Waals surface area contributed by atoms with E-state index in [1.54, 1.807) is 31.2 Å². The average Bonchev–Trinajstić information content (AvgIpc) is 2.81. The topological polar surface area (TPSA) is 117 Å². The maximum absolute atomic E-state index is 12.6. The summed E-state index contributed by atoms with van der Waals surface area (Å²) in [6.07, 6.45) is 1.42. The van der Waals surface area contributed by atoms with Crippen molar-refractivity contribution in [2.75, 3.05) is 21.3 Å². The third-order valence-corrected chi connectivity index (χ3v) is 4.58. The minimum absolute atomic E-state index is 0.0584. The lowest BCUT2D eigenvalue weighted by atomic mass is 10.2. The monoisotopic (exact) mass is 456 g/mol. The zero-order valence-corrected chi connectivity index (χ0v) is 18.6. The van der Waals surface area contributed by atoms with E-state index in [0.29, 0.717) is 22.8 Å². The summed E-state index contributed by atoms with van der Waals surface area (Å²) in [6.45, 7) is 1.55. The van der Waals surface area contributed by atoms with Crippen LogP contribution in [0.2, 0.25) is 0 Å². The van der Waals surface area contributed by atoms with Crippen LogP contribution in [0.25, 0.3) is 0 Å². The molecule has 0 amide bonds. The fourth-order valence-electron chi connectivity index (χ4n) is 2.63. The zero-order valence-electron chi connectivity index (χ0n) is 17.7. The van der Waals surface area contributed by atoms with Gasteiger partial charge in [-0.3, -0.25) is 9.89 Å². The van der Waals surface area contributed by atoms with Crippen LogP contribution in [-0.2, 0) is 0 Å². The van der Waals surface area contributed by atoms with Crippen molar-refractivity contribution in [2.24, 2.45) is 5.10 Å². The molecule has 0 atom stereocenters. The van der Waals surface area contributed by atoms with Crippen molar-refractivity contribution in [3.05, 3.63) is 68.3 Å². The number of hydrogen-bond acceptors (Lipinski definition) is 9. The normalized spacial score (nSPS) is 10.8. The standard InChI is InChI=1S/C21H20N4O6S/c1-12-19(26)25(21(32)24-23-12)22-11-13-5-6-17(18(7-13)30-4)31-20(27)14-8-15(28-2)10-16(9-14)29-3/h5-11H,1-4H3,(H,24,32). The minimum Gasteiger partial charge on any atom is -0.497 e. The number of esters is 1. The molecule has 0 bridgehead atoms. The van der Waals surface area contributed by atoms with Gasteiger partial charge in [0.1, 0.15) is 17.2 Å². The summed E-state index contributed by atoms with van der Waals surface area (Å²) >= 11 is 5.04. The lowest BCUT2D eigenvalue weighted by molar-refractivity contribution is 0.0729. The van der Waals surface area contributed by atoms with Crippen molar-refractivity contribution < 1.29 is 23.7 Å². The van der Waals surface area contributed by atoms with Gasteiger partial charge < -0.3 is 18.9 Å². The second kappa shape index (κ2) is 9.88. The van der Waals surface area contributed by atoms with Crippen molar-refractivity contribution >= 4 is 24.4 Å². The quantitative estimate of drug-likeness (QED) is 0.250. The highest BCUT2D eigenvalue weighted by atomic mass is 32.1. The van der Waals surface area contributed by atoms with Gasteiger partial charge in [0.15, 0.2) is 11.5 Å². The first-order valence-electron chi connectivity index (χ1n) is 9.22. The second-order valence-electron chi connectivity index (χ2n) is 6.38. The lowest BCUT2D eigenvalue weighted by Gasteiger charge is -2.11. The number of methoxy groups -OCH3 is 3. The minimum atomic E-state index is -0.619. The molecule has 3 aromatic rings. The Hall–Kier alpha value is -3.99. The van der Waals surface area contributed by atoms with Gasteiger partial charge in [0.25, 0.3) is 5.56 Å². The molecular weight excluding hydrogens is 436 g/mol. The van der Waals surface area contributed by atoms with E-state index in [1.165, 1.54) is 39.7 Å². The number of hydrogen-bond donors (Lipinski definition) is 1. The van der Waals surface area contributed by atoms with Crippen molar-refractivity contribution in [2.45, 2.75) is 6.92 Å². The Balaban J connectivity index is 1.86. The maximum Gasteiger partial charge on any atom is 0.343 e. The summed E-state index contributed by atoms with van der Waals surface area (Å²) in [7, 11) is 4.41. The molecule has 0 unspecified atom stereocenters. The van der Waals surface area contributed by atoms with Gasteiger partial charge >= 0.3 is 5.97 Å². The molecule has 0 spiro atoms. The Kier molecular flexibility index (Phi) is 7.00. The first kappa shape index (κ1) is 22.7. The Morgan fingerprint density at radius 2 is 1.75 bits per heavy atom. The van der Waals surface area contributed by atoms with E-state index >= 15 is 0 Å². The predicted octanol–water partition coefficient (Wildman–Crippen LogP) is 2.74. The van der Waals surface area contributed by atoms with E-state index < -0.39 is 11.5 Å². The van der Waals surface area contributed by atoms with E-state index in [2.05, 4.69) is 15.3 Å². The maximum atomic E-state index is 12.6. The largest absolute Gasteiger partial charge is 0.497 e. The summed E-state index contributed by atoms with van der Waals surface area (Å²) in [5.41, 5.74) is 0.622. The molecule has 11 heteroatoms. The van der Waals surface area contributed by atoms with Crippen LogP contribution in [0, 0.1) is 11.7 Å². The number of rotatable bonds is 7. The van der Waals surface area contributed by atoms with Crippen LogP contribution in [0.5, 0.6) is 23.0 Å². The van der Waals surface area contributed by atoms with Crippen LogP contribution >= 0.6 is 12.2 Å². The third-order valence-electron chi connectivity index (χ3n) is 4.31. The molecule has 0 saturated heterocycles. The van der Waals surface area contributed by atoms with Crippen LogP contribution in [-0.4, -0.2) is 48.4 Å². The number of nitrogens with one attached hydrogen (secondary N) is 1. The second-order valence-corrected chi connectivity index (χ2v) is 6.76. The SMILES string of the molecule is COc1cc(OC)cc(C(=O)Oc2ccc(C=Nn3c(=S)[nH]nc(C)c3=O)cc2OC)c1. The highest BCUT2D eigenvalue weighted by Crippen LogP contribution is 2.29. The summed E-state index contributed by atoms with van der Waals surface area (Å²) in [5, 5.41) is 10.4. The smallest absolute Gasteiger partial charge is 0.343 e. The summed E-state index contributed by atoms with van der Waals surface area (Å²) in [6, 6.07) is 9.52. The molecule has 10 nitrogen and oxygen atoms in total. The number of ether oxygens (including phenoxy) is 4. The number of aromatic amines is 1. The molecule has 0 aliphatic heterocycles. The number of nitrogens with zero attached hydrogens (tertiary/aromatic N) is 3. The Morgan fingerprint density at radius 3 is 2.38 bits per heavy atom. The molecule has 0 radical (unpaired) electrons. The van der Waals surface area contributed by atoms with Crippen LogP contribution in [0.1, 0.15) is 21.6 Å². The molecule has 0 aliphatic rings. The van der Waals surface area contributed by atoms with E-state index in [0.717, 1.165) is 4.68 Å². The molecule has 0 fully saturated rings. The molecule has 0 aliphatic carbocycles. The van der Waals surface area contributed by atoms with Crippen LogP contribution in [0.15, 0.2) is 46.3 Å². The van der Waals surface area contributed by atoms with Gasteiger partial charge in [0.05, 0.1) is 33.1 Å². The molecule has 166 valence electrons. The van der Waals surface area contributed by atoms with Crippen molar-refractivity contribution in [1.82, 2.24) is 14.9 Å². The number of H-pyrrole nitrogens is 1. The van der Waals surface area contributed by atoms with E-state index in [-0.39, 0.29) is 21.8 Å². The Morgan fingerprint density at radius 1 is 1.06 bits per heavy atom. The number of benzene rings is 2. The van der Waals surface area contributed by atoms with Crippen LogP contribution in [0.3, 0.4) is 0 Å². The molecule has 1 N–H and O–H groups in total. The Labute approximate surface area is 188 Å². The van der Waals surface area contributed by atoms with Crippen LogP contribution < -0.4 is 24.5 Å². The van der Waals surface area contributed by atoms with Crippen LogP contribution in [0.4, 0.5) is 0 Å². The van der Waals surface area contributed by atoms with Crippen molar-refractivity contribution in [3.63, 3.8) is 0 Å². The lowest BCUT2D eigenvalue weighted by Crippen LogP contribution is -2.22. The average molecular weight is 456 g/mol. The first-order valence-corrected chi connectivity index (χ1v) is 9.63. The highest BCUT2D eigenvalue weighted by molar-refractivity contribution is 7.71. The fraction of sp³-hybridized carbons (Fsp3) is 0.190. The Bertz CT molecular complexity index is 1280. The van der Waals surface area contributed by atoms with Crippen molar-refractivity contribution in [1.29, 1.82) is 0 Å². The molecule has 32 heavy (non-hydrogen) atoms. The highest BCUT2D eigenvalue weighted by Gasteiger charge is 2.15.